The van der Waals surface area contributed by atoms with E-state index >= 15 is 0 Å². The summed E-state index contributed by atoms with van der Waals surface area (Å²) in [5.41, 5.74) is 0. The van der Waals surface area contributed by atoms with Crippen molar-refractivity contribution in [2.45, 2.75) is 0 Å². The number of hydrogen-bond donors (Lipinski definition) is 0. The third-order valence-corrected chi connectivity index (χ3v) is 0. The van der Waals surface area contributed by atoms with Crippen molar-refractivity contribution in [1.29, 1.82) is 0 Å². The molecule has 0 amide bonds. The molecule has 0 aliphatic carbocycles. The first kappa shape index (κ1) is 5.92. The molecule has 0 saturated carbocycles. The molecule has 0 fully saturated rings. The minimum absolute atomic E-state index is 2.20. The molecule has 0 aromatic heterocycles. The molecule has 0 radical (unpaired) electrons. The van der Waals surface area contributed by atoms with Gasteiger partial charge in [-0.25, -0.2) is 0 Å². The molecular weight excluding hydrogens is 344 g/mol. The van der Waals surface area contributed by atoms with Crippen LogP contribution in [0.15, 0.2) is 0 Å². The van der Waals surface area contributed by atoms with Gasteiger partial charge in [-0.3, -0.25) is 0 Å². The minimum atomic E-state index is -2.20. The van der Waals surface area contributed by atoms with E-state index in [-0.39, 0.29) is 0 Å². The number of hydrogen-bond acceptors (Lipinski definition) is 0. The van der Waals surface area contributed by atoms with Gasteiger partial charge in [0, 0.05) is 0 Å². The summed E-state index contributed by atoms with van der Waals surface area (Å²) in [5, 5.41) is 0. The van der Waals surface area contributed by atoms with Gasteiger partial charge in [0.1, 0.15) is 0 Å². The molecule has 4 heavy (non-hydrogen) atoms. The van der Waals surface area contributed by atoms with E-state index in [0.29, 0.717) is 0 Å². The molecule has 0 bridgehead atoms. The summed E-state index contributed by atoms with van der Waals surface area (Å²) in [6.45, 7) is 0. The Morgan fingerprint density at radius 2 is 1.50 bits per heavy atom. The molecule has 0 aliphatic heterocycles. The first-order valence-corrected chi connectivity index (χ1v) is 16.3. The SMILES string of the molecule is [Cl][U]([Cl])[ClH+]. The topological polar surface area (TPSA) is 0 Å². The average molecular weight is 345 g/mol. The molecular formula is HCl3U+. The van der Waals surface area contributed by atoms with Gasteiger partial charge in [0.2, 0.25) is 0 Å². The maximum atomic E-state index is 5.08. The fraction of sp³-hybridized carbons (Fsp3) is 0. The number of rotatable bonds is 0. The zero-order valence-electron chi connectivity index (χ0n) is 1.66. The van der Waals surface area contributed by atoms with Gasteiger partial charge in [-0.1, -0.05) is 0 Å². The van der Waals surface area contributed by atoms with E-state index in [1.165, 1.54) is 0 Å². The zero-order chi connectivity index (χ0) is 3.58. The standard InChI is InChI=1S/3ClH.U/h3*1H;/q;;;+3/p-2. The fourth-order valence-electron chi connectivity index (χ4n) is 0. The second-order valence-electron chi connectivity index (χ2n) is 0.226. The van der Waals surface area contributed by atoms with Crippen LogP contribution in [0.5, 0.6) is 0 Å². The van der Waals surface area contributed by atoms with Gasteiger partial charge in [0.05, 0.1) is 0 Å². The summed E-state index contributed by atoms with van der Waals surface area (Å²) in [5.74, 6) is 0. The van der Waals surface area contributed by atoms with Crippen molar-refractivity contribution in [3.8, 4) is 0 Å². The molecule has 0 atom stereocenters. The summed E-state index contributed by atoms with van der Waals surface area (Å²) in [6.07, 6.45) is 0. The third-order valence-electron chi connectivity index (χ3n) is 0. The Kier molecular flexibility index (Phi) is 4.63. The zero-order valence-corrected chi connectivity index (χ0v) is 8.16. The van der Waals surface area contributed by atoms with Crippen molar-refractivity contribution < 1.29 is 29.7 Å². The predicted molar refractivity (Wildman–Crippen MR) is 13.1 cm³/mol. The van der Waals surface area contributed by atoms with Crippen molar-refractivity contribution in [3.05, 3.63) is 0 Å². The molecule has 4 heteroatoms. The van der Waals surface area contributed by atoms with Crippen molar-refractivity contribution >= 4 is 15.2 Å². The Morgan fingerprint density at radius 3 is 1.50 bits per heavy atom. The van der Waals surface area contributed by atoms with Crippen LogP contribution < -0.4 is 0 Å². The van der Waals surface area contributed by atoms with Crippen LogP contribution >= 0.6 is 15.2 Å². The van der Waals surface area contributed by atoms with Crippen LogP contribution in [0.3, 0.4) is 0 Å². The Hall–Kier alpha value is 1.92. The van der Waals surface area contributed by atoms with Gasteiger partial charge in [-0.15, -0.1) is 0 Å². The molecule has 0 N–H and O–H groups in total. The summed E-state index contributed by atoms with van der Waals surface area (Å²) in [7, 11) is 14.5. The van der Waals surface area contributed by atoms with E-state index in [1.807, 2.05) is 0 Å². The fourth-order valence-corrected chi connectivity index (χ4v) is 0. The molecule has 0 rings (SSSR count). The van der Waals surface area contributed by atoms with Gasteiger partial charge in [-0.05, 0) is 0 Å². The summed E-state index contributed by atoms with van der Waals surface area (Å²) in [4.78, 5) is 0. The quantitative estimate of drug-likeness (QED) is 0.617. The Bertz CT molecular complexity index is 8.00. The van der Waals surface area contributed by atoms with Crippen molar-refractivity contribution in [2.75, 3.05) is 0 Å². The van der Waals surface area contributed by atoms with Crippen LogP contribution in [-0.2, 0) is 0 Å². The van der Waals surface area contributed by atoms with Crippen LogP contribution in [0.25, 0.3) is 0 Å². The van der Waals surface area contributed by atoms with Gasteiger partial charge in [0.25, 0.3) is 0 Å². The Morgan fingerprint density at radius 1 is 1.50 bits per heavy atom. The van der Waals surface area contributed by atoms with Gasteiger partial charge in [0.15, 0.2) is 0 Å². The molecule has 0 aromatic rings. The second-order valence-corrected chi connectivity index (χ2v) is 18.9. The van der Waals surface area contributed by atoms with E-state index in [4.69, 9.17) is 15.2 Å². The maximum absolute atomic E-state index is 5.08. The van der Waals surface area contributed by atoms with Crippen LogP contribution in [0.2, 0.25) is 0 Å². The van der Waals surface area contributed by atoms with E-state index in [2.05, 4.69) is 7.62 Å². The third kappa shape index (κ3) is 9.06. The normalized spacial score (nSPS) is 6.75. The molecule has 0 aliphatic rings. The summed E-state index contributed by atoms with van der Waals surface area (Å²) in [6, 6.07) is 0. The van der Waals surface area contributed by atoms with Crippen LogP contribution in [0, 0.1) is 29.7 Å². The van der Waals surface area contributed by atoms with Crippen LogP contribution in [0.4, 0.5) is 0 Å². The Labute approximate surface area is 44.3 Å². The molecule has 0 spiro atoms. The summed E-state index contributed by atoms with van der Waals surface area (Å²) < 4.78 is 0. The van der Waals surface area contributed by atoms with Gasteiger partial charge >= 0.3 is 44.9 Å². The summed E-state index contributed by atoms with van der Waals surface area (Å²) >= 11 is -2.20. The van der Waals surface area contributed by atoms with E-state index in [0.717, 1.165) is 0 Å². The molecule has 0 saturated heterocycles. The molecule has 25 valence electrons. The second kappa shape index (κ2) is 3.13. The van der Waals surface area contributed by atoms with Crippen LogP contribution in [-0.4, -0.2) is 0 Å². The van der Waals surface area contributed by atoms with Crippen LogP contribution in [0.1, 0.15) is 0 Å². The van der Waals surface area contributed by atoms with E-state index in [9.17, 15) is 0 Å². The molecule has 0 aromatic carbocycles. The monoisotopic (exact) mass is 344 g/mol. The molecule has 0 heterocycles. The molecule has 0 nitrogen and oxygen atoms in total. The van der Waals surface area contributed by atoms with E-state index in [1.54, 1.807) is 0 Å². The predicted octanol–water partition coefficient (Wildman–Crippen LogP) is 1.11. The van der Waals surface area contributed by atoms with E-state index < -0.39 is 22.1 Å². The van der Waals surface area contributed by atoms with Gasteiger partial charge < -0.3 is 0 Å². The first-order valence-electron chi connectivity index (χ1n) is 0.582. The molecule has 0 unspecified atom stereocenters. The van der Waals surface area contributed by atoms with Crippen molar-refractivity contribution in [2.24, 2.45) is 0 Å². The van der Waals surface area contributed by atoms with Crippen molar-refractivity contribution in [1.82, 2.24) is 0 Å². The first-order chi connectivity index (χ1) is 1.73. The van der Waals surface area contributed by atoms with Crippen molar-refractivity contribution in [3.63, 3.8) is 0 Å². The van der Waals surface area contributed by atoms with Gasteiger partial charge in [-0.2, -0.15) is 0 Å². The number of halogens is 3. The average Bonchev–Trinajstić information content (AvgIpc) is 0.811. The Balaban J connectivity index is 2.32.